The summed E-state index contributed by atoms with van der Waals surface area (Å²) in [5.41, 5.74) is 0.475. The zero-order chi connectivity index (χ0) is 10.7. The van der Waals surface area contributed by atoms with Crippen molar-refractivity contribution >= 4 is 5.91 Å². The van der Waals surface area contributed by atoms with Gasteiger partial charge >= 0.3 is 0 Å². The first-order valence-corrected chi connectivity index (χ1v) is 4.90. The van der Waals surface area contributed by atoms with Gasteiger partial charge in [0, 0.05) is 12.2 Å². The lowest BCUT2D eigenvalue weighted by atomic mass is 10.2. The molecule has 0 saturated carbocycles. The Morgan fingerprint density at radius 1 is 1.40 bits per heavy atom. The predicted octanol–water partition coefficient (Wildman–Crippen LogP) is 1.34. The number of carbonyl (C=O) groups is 1. The number of hydrogen-bond donors (Lipinski definition) is 1. The van der Waals surface area contributed by atoms with Gasteiger partial charge in [-0.3, -0.25) is 4.79 Å². The molecule has 0 bridgehead atoms. The molecular formula is C11H12FNO2. The predicted molar refractivity (Wildman–Crippen MR) is 53.1 cm³/mol. The molecule has 3 nitrogen and oxygen atoms in total. The molecule has 1 aliphatic rings. The molecule has 1 N–H and O–H groups in total. The van der Waals surface area contributed by atoms with E-state index in [2.05, 4.69) is 5.32 Å². The summed E-state index contributed by atoms with van der Waals surface area (Å²) in [6, 6.07) is 5.59. The van der Waals surface area contributed by atoms with Crippen molar-refractivity contribution in [3.63, 3.8) is 0 Å². The molecule has 1 saturated heterocycles. The van der Waals surface area contributed by atoms with Crippen LogP contribution in [0.5, 0.6) is 0 Å². The number of rotatable bonds is 2. The zero-order valence-electron chi connectivity index (χ0n) is 8.20. The van der Waals surface area contributed by atoms with Crippen LogP contribution in [0.4, 0.5) is 4.39 Å². The van der Waals surface area contributed by atoms with E-state index in [0.717, 1.165) is 6.42 Å². The summed E-state index contributed by atoms with van der Waals surface area (Å²) in [6.07, 6.45) is 0.840. The van der Waals surface area contributed by atoms with Gasteiger partial charge in [0.15, 0.2) is 0 Å². The Balaban J connectivity index is 1.98. The van der Waals surface area contributed by atoms with Crippen molar-refractivity contribution < 1.29 is 13.9 Å². The summed E-state index contributed by atoms with van der Waals surface area (Å²) < 4.78 is 17.7. The number of nitrogens with one attached hydrogen (secondary N) is 1. The summed E-state index contributed by atoms with van der Waals surface area (Å²) in [5.74, 6) is -0.513. The van der Waals surface area contributed by atoms with Crippen LogP contribution >= 0.6 is 0 Å². The van der Waals surface area contributed by atoms with Crippen LogP contribution < -0.4 is 5.32 Å². The average Bonchev–Trinajstić information content (AvgIpc) is 2.71. The van der Waals surface area contributed by atoms with E-state index < -0.39 is 0 Å². The van der Waals surface area contributed by atoms with E-state index in [1.165, 1.54) is 24.3 Å². The molecule has 1 heterocycles. The van der Waals surface area contributed by atoms with Crippen molar-refractivity contribution in [2.24, 2.45) is 0 Å². The molecule has 80 valence electrons. The van der Waals surface area contributed by atoms with E-state index in [1.807, 2.05) is 0 Å². The van der Waals surface area contributed by atoms with Gasteiger partial charge < -0.3 is 10.1 Å². The molecule has 15 heavy (non-hydrogen) atoms. The summed E-state index contributed by atoms with van der Waals surface area (Å²) >= 11 is 0. The number of benzene rings is 1. The maximum Gasteiger partial charge on any atom is 0.251 e. The van der Waals surface area contributed by atoms with Gasteiger partial charge in [-0.2, -0.15) is 0 Å². The van der Waals surface area contributed by atoms with E-state index in [0.29, 0.717) is 18.8 Å². The number of amides is 1. The molecule has 1 atom stereocenters. The number of carbonyl (C=O) groups excluding carboxylic acids is 1. The molecule has 0 radical (unpaired) electrons. The van der Waals surface area contributed by atoms with Gasteiger partial charge in [-0.05, 0) is 30.7 Å². The second-order valence-electron chi connectivity index (χ2n) is 3.54. The van der Waals surface area contributed by atoms with E-state index in [9.17, 15) is 9.18 Å². The normalized spacial score (nSPS) is 20.2. The van der Waals surface area contributed by atoms with Crippen molar-refractivity contribution in [2.45, 2.75) is 12.5 Å². The van der Waals surface area contributed by atoms with Crippen molar-refractivity contribution in [1.82, 2.24) is 5.32 Å². The maximum absolute atomic E-state index is 12.6. The lowest BCUT2D eigenvalue weighted by Gasteiger charge is -2.10. The Labute approximate surface area is 87.2 Å². The first-order valence-electron chi connectivity index (χ1n) is 4.90. The summed E-state index contributed by atoms with van der Waals surface area (Å²) in [6.45, 7) is 1.25. The maximum atomic E-state index is 12.6. The van der Waals surface area contributed by atoms with Gasteiger partial charge in [0.2, 0.25) is 0 Å². The van der Waals surface area contributed by atoms with Gasteiger partial charge in [-0.25, -0.2) is 4.39 Å². The second-order valence-corrected chi connectivity index (χ2v) is 3.54. The standard InChI is InChI=1S/C11H12FNO2/c12-9-3-1-8(2-4-9)11(14)13-10-5-6-15-7-10/h1-4,10H,5-7H2,(H,13,14). The highest BCUT2D eigenvalue weighted by Gasteiger charge is 2.18. The summed E-state index contributed by atoms with van der Waals surface area (Å²) in [7, 11) is 0. The molecule has 1 aliphatic heterocycles. The molecule has 0 spiro atoms. The van der Waals surface area contributed by atoms with Crippen molar-refractivity contribution in [2.75, 3.05) is 13.2 Å². The van der Waals surface area contributed by atoms with Gasteiger partial charge in [-0.15, -0.1) is 0 Å². The van der Waals surface area contributed by atoms with Gasteiger partial charge in [0.05, 0.1) is 12.6 Å². The third-order valence-electron chi connectivity index (χ3n) is 2.37. The highest BCUT2D eigenvalue weighted by molar-refractivity contribution is 5.94. The minimum Gasteiger partial charge on any atom is -0.379 e. The topological polar surface area (TPSA) is 38.3 Å². The van der Waals surface area contributed by atoms with Crippen LogP contribution in [0, 0.1) is 5.82 Å². The fourth-order valence-electron chi connectivity index (χ4n) is 1.52. The SMILES string of the molecule is O=C(NC1CCOC1)c1ccc(F)cc1. The largest absolute Gasteiger partial charge is 0.379 e. The number of ether oxygens (including phenoxy) is 1. The lowest BCUT2D eigenvalue weighted by molar-refractivity contribution is 0.0930. The zero-order valence-corrected chi connectivity index (χ0v) is 8.20. The molecule has 0 aliphatic carbocycles. The second kappa shape index (κ2) is 4.40. The minimum absolute atomic E-state index is 0.0857. The van der Waals surface area contributed by atoms with E-state index in [4.69, 9.17) is 4.74 Å². The van der Waals surface area contributed by atoms with Crippen LogP contribution in [0.15, 0.2) is 24.3 Å². The van der Waals surface area contributed by atoms with Crippen molar-refractivity contribution in [3.8, 4) is 0 Å². The van der Waals surface area contributed by atoms with E-state index in [1.54, 1.807) is 0 Å². The van der Waals surface area contributed by atoms with Crippen LogP contribution in [0.1, 0.15) is 16.8 Å². The molecule has 2 rings (SSSR count). The molecule has 4 heteroatoms. The fourth-order valence-corrected chi connectivity index (χ4v) is 1.52. The Kier molecular flexibility index (Phi) is 2.97. The quantitative estimate of drug-likeness (QED) is 0.798. The van der Waals surface area contributed by atoms with E-state index >= 15 is 0 Å². The van der Waals surface area contributed by atoms with Crippen LogP contribution in [0.2, 0.25) is 0 Å². The molecule has 1 amide bonds. The first kappa shape index (κ1) is 10.1. The molecule has 0 aromatic heterocycles. The highest BCUT2D eigenvalue weighted by Crippen LogP contribution is 2.06. The average molecular weight is 209 g/mol. The monoisotopic (exact) mass is 209 g/mol. The third-order valence-corrected chi connectivity index (χ3v) is 2.37. The summed E-state index contributed by atoms with van der Waals surface area (Å²) in [4.78, 5) is 11.6. The fraction of sp³-hybridized carbons (Fsp3) is 0.364. The van der Waals surface area contributed by atoms with Crippen LogP contribution in [0.25, 0.3) is 0 Å². The molecule has 1 aromatic rings. The summed E-state index contributed by atoms with van der Waals surface area (Å²) in [5, 5.41) is 2.83. The highest BCUT2D eigenvalue weighted by atomic mass is 19.1. The third kappa shape index (κ3) is 2.53. The van der Waals surface area contributed by atoms with Crippen LogP contribution in [-0.4, -0.2) is 25.2 Å². The number of halogens is 1. The van der Waals surface area contributed by atoms with E-state index in [-0.39, 0.29) is 17.8 Å². The van der Waals surface area contributed by atoms with Crippen molar-refractivity contribution in [1.29, 1.82) is 0 Å². The van der Waals surface area contributed by atoms with Gasteiger partial charge in [-0.1, -0.05) is 0 Å². The molecule has 1 unspecified atom stereocenters. The Bertz CT molecular complexity index is 344. The van der Waals surface area contributed by atoms with Crippen LogP contribution in [-0.2, 0) is 4.74 Å². The Morgan fingerprint density at radius 2 is 2.13 bits per heavy atom. The molecule has 1 fully saturated rings. The first-order chi connectivity index (χ1) is 7.25. The minimum atomic E-state index is -0.337. The number of hydrogen-bond acceptors (Lipinski definition) is 2. The molecule has 1 aromatic carbocycles. The van der Waals surface area contributed by atoms with Crippen molar-refractivity contribution in [3.05, 3.63) is 35.6 Å². The molecular weight excluding hydrogens is 197 g/mol. The smallest absolute Gasteiger partial charge is 0.251 e. The van der Waals surface area contributed by atoms with Gasteiger partial charge in [0.1, 0.15) is 5.82 Å². The Hall–Kier alpha value is -1.42. The lowest BCUT2D eigenvalue weighted by Crippen LogP contribution is -2.34. The van der Waals surface area contributed by atoms with Gasteiger partial charge in [0.25, 0.3) is 5.91 Å². The Morgan fingerprint density at radius 3 is 2.73 bits per heavy atom. The van der Waals surface area contributed by atoms with Crippen LogP contribution in [0.3, 0.4) is 0 Å².